The second-order valence-electron chi connectivity index (χ2n) is 6.73. The zero-order valence-electron chi connectivity index (χ0n) is 14.4. The molecule has 0 spiro atoms. The highest BCUT2D eigenvalue weighted by Gasteiger charge is 2.34. The first-order chi connectivity index (χ1) is 12.1. The Morgan fingerprint density at radius 3 is 2.88 bits per heavy atom. The number of ether oxygens (including phenoxy) is 1. The number of imidazole rings is 2. The average Bonchev–Trinajstić information content (AvgIpc) is 3.27. The maximum atomic E-state index is 14.3. The average molecular weight is 343 g/mol. The largest absolute Gasteiger partial charge is 0.366 e. The Bertz CT molecular complexity index is 821. The van der Waals surface area contributed by atoms with Crippen molar-refractivity contribution in [3.8, 4) is 0 Å². The van der Waals surface area contributed by atoms with E-state index in [1.165, 1.54) is 11.1 Å². The molecule has 6 nitrogen and oxygen atoms in total. The van der Waals surface area contributed by atoms with Crippen molar-refractivity contribution < 1.29 is 9.13 Å². The number of H-pyrrole nitrogens is 2. The fraction of sp³-hybridized carbons (Fsp3) is 0.444. The van der Waals surface area contributed by atoms with Crippen molar-refractivity contribution in [1.82, 2.24) is 24.8 Å². The number of nitrogens with one attached hydrogen (secondary N) is 2. The Morgan fingerprint density at radius 2 is 2.08 bits per heavy atom. The molecule has 3 aromatic rings. The minimum absolute atomic E-state index is 0.284. The zero-order valence-corrected chi connectivity index (χ0v) is 14.4. The van der Waals surface area contributed by atoms with Gasteiger partial charge in [0.1, 0.15) is 30.5 Å². The molecule has 1 aromatic carbocycles. The number of halogens is 1. The summed E-state index contributed by atoms with van der Waals surface area (Å²) in [4.78, 5) is 17.1. The van der Waals surface area contributed by atoms with Crippen molar-refractivity contribution in [2.24, 2.45) is 0 Å². The number of alkyl halides is 1. The number of benzene rings is 1. The van der Waals surface area contributed by atoms with Gasteiger partial charge in [-0.1, -0.05) is 0 Å². The lowest BCUT2D eigenvalue weighted by molar-refractivity contribution is 0.00859. The third kappa shape index (κ3) is 3.43. The Morgan fingerprint density at radius 1 is 1.24 bits per heavy atom. The molecule has 1 aliphatic rings. The van der Waals surface area contributed by atoms with Gasteiger partial charge in [0.25, 0.3) is 0 Å². The highest BCUT2D eigenvalue weighted by atomic mass is 19.1. The van der Waals surface area contributed by atoms with Gasteiger partial charge in [-0.25, -0.2) is 14.4 Å². The van der Waals surface area contributed by atoms with Gasteiger partial charge < -0.3 is 14.7 Å². The smallest absolute Gasteiger partial charge is 0.140 e. The van der Waals surface area contributed by atoms with Crippen LogP contribution in [-0.2, 0) is 17.9 Å². The number of likely N-dealkylation sites (tertiary alicyclic amines) is 1. The topological polar surface area (TPSA) is 69.8 Å². The lowest BCUT2D eigenvalue weighted by Crippen LogP contribution is -2.24. The van der Waals surface area contributed by atoms with Gasteiger partial charge in [0.2, 0.25) is 0 Å². The van der Waals surface area contributed by atoms with Crippen LogP contribution < -0.4 is 0 Å². The van der Waals surface area contributed by atoms with Gasteiger partial charge in [0.05, 0.1) is 17.6 Å². The number of aromatic nitrogens is 4. The van der Waals surface area contributed by atoms with Crippen LogP contribution in [0.4, 0.5) is 4.39 Å². The van der Waals surface area contributed by atoms with Crippen molar-refractivity contribution >= 4 is 11.0 Å². The molecule has 2 atom stereocenters. The molecule has 25 heavy (non-hydrogen) atoms. The van der Waals surface area contributed by atoms with Crippen molar-refractivity contribution in [2.75, 3.05) is 13.1 Å². The van der Waals surface area contributed by atoms with Crippen LogP contribution >= 0.6 is 0 Å². The predicted molar refractivity (Wildman–Crippen MR) is 92.9 cm³/mol. The van der Waals surface area contributed by atoms with E-state index in [1.54, 1.807) is 12.4 Å². The lowest BCUT2D eigenvalue weighted by atomic mass is 10.1. The summed E-state index contributed by atoms with van der Waals surface area (Å²) in [5.41, 5.74) is 4.34. The monoisotopic (exact) mass is 343 g/mol. The van der Waals surface area contributed by atoms with E-state index in [9.17, 15) is 4.39 Å². The van der Waals surface area contributed by atoms with Crippen LogP contribution in [-0.4, -0.2) is 50.2 Å². The summed E-state index contributed by atoms with van der Waals surface area (Å²) < 4.78 is 20.1. The highest BCUT2D eigenvalue weighted by molar-refractivity contribution is 5.77. The second-order valence-corrected chi connectivity index (χ2v) is 6.73. The number of nitrogens with zero attached hydrogens (tertiary/aromatic N) is 3. The van der Waals surface area contributed by atoms with Crippen LogP contribution in [0.3, 0.4) is 0 Å². The molecular weight excluding hydrogens is 321 g/mol. The van der Waals surface area contributed by atoms with Crippen LogP contribution in [0, 0.1) is 13.8 Å². The van der Waals surface area contributed by atoms with Crippen molar-refractivity contribution in [2.45, 2.75) is 39.3 Å². The molecule has 1 aliphatic heterocycles. The molecule has 3 heterocycles. The molecule has 1 fully saturated rings. The maximum Gasteiger partial charge on any atom is 0.140 e. The molecule has 0 saturated carbocycles. The minimum Gasteiger partial charge on any atom is -0.366 e. The van der Waals surface area contributed by atoms with Crippen LogP contribution in [0.5, 0.6) is 0 Å². The van der Waals surface area contributed by atoms with E-state index in [0.29, 0.717) is 19.6 Å². The minimum atomic E-state index is -0.996. The molecule has 0 radical (unpaired) electrons. The molecule has 0 aliphatic carbocycles. The third-order valence-corrected chi connectivity index (χ3v) is 4.78. The van der Waals surface area contributed by atoms with Gasteiger partial charge in [-0.05, 0) is 37.1 Å². The maximum absolute atomic E-state index is 14.3. The molecule has 2 N–H and O–H groups in total. The van der Waals surface area contributed by atoms with Gasteiger partial charge in [-0.2, -0.15) is 0 Å². The fourth-order valence-electron chi connectivity index (χ4n) is 3.27. The molecule has 2 aromatic heterocycles. The fourth-order valence-corrected chi connectivity index (χ4v) is 3.27. The number of aromatic amines is 2. The molecule has 7 heteroatoms. The van der Waals surface area contributed by atoms with Crippen LogP contribution in [0.25, 0.3) is 11.0 Å². The normalized spacial score (nSPS) is 21.4. The Kier molecular flexibility index (Phi) is 4.27. The van der Waals surface area contributed by atoms with E-state index < -0.39 is 12.3 Å². The first kappa shape index (κ1) is 16.2. The van der Waals surface area contributed by atoms with Gasteiger partial charge in [0, 0.05) is 25.5 Å². The quantitative estimate of drug-likeness (QED) is 0.747. The number of rotatable bonds is 5. The molecule has 0 amide bonds. The summed E-state index contributed by atoms with van der Waals surface area (Å²) in [7, 11) is 0. The van der Waals surface area contributed by atoms with E-state index in [2.05, 4.69) is 45.9 Å². The van der Waals surface area contributed by atoms with E-state index in [0.717, 1.165) is 22.7 Å². The van der Waals surface area contributed by atoms with Crippen LogP contribution in [0.15, 0.2) is 24.5 Å². The summed E-state index contributed by atoms with van der Waals surface area (Å²) >= 11 is 0. The Labute approximate surface area is 145 Å². The summed E-state index contributed by atoms with van der Waals surface area (Å²) in [5, 5.41) is 0. The second kappa shape index (κ2) is 6.57. The number of hydrogen-bond acceptors (Lipinski definition) is 4. The van der Waals surface area contributed by atoms with Crippen molar-refractivity contribution in [1.29, 1.82) is 0 Å². The molecule has 1 saturated heterocycles. The van der Waals surface area contributed by atoms with E-state index >= 15 is 0 Å². The third-order valence-electron chi connectivity index (χ3n) is 4.78. The van der Waals surface area contributed by atoms with Gasteiger partial charge in [-0.15, -0.1) is 0 Å². The summed E-state index contributed by atoms with van der Waals surface area (Å²) in [6.45, 7) is 5.96. The van der Waals surface area contributed by atoms with Crippen molar-refractivity contribution in [3.05, 3.63) is 47.3 Å². The standard InChI is InChI=1S/C18H22FN5O/c1-11-5-14-15(6-12(11)2)23-18(22-14)10-25-16-8-24(7-13(16)19)9-17-20-3-4-21-17/h3-6,13,16H,7-10H2,1-2H3,(H,20,21)(H,22,23)/t13-,16+/m1/s1. The zero-order chi connectivity index (χ0) is 17.4. The first-order valence-electron chi connectivity index (χ1n) is 8.50. The molecule has 132 valence electrons. The van der Waals surface area contributed by atoms with E-state index in [-0.39, 0.29) is 6.61 Å². The van der Waals surface area contributed by atoms with Gasteiger partial charge in [0.15, 0.2) is 0 Å². The first-order valence-corrected chi connectivity index (χ1v) is 8.50. The SMILES string of the molecule is Cc1cc2nc(CO[C@H]3CN(Cc4ncc[nH]4)C[C@H]3F)[nH]c2cc1C. The number of hydrogen-bond donors (Lipinski definition) is 2. The Balaban J connectivity index is 1.38. The summed E-state index contributed by atoms with van der Waals surface area (Å²) in [5.74, 6) is 1.58. The van der Waals surface area contributed by atoms with E-state index in [1.807, 2.05) is 4.90 Å². The van der Waals surface area contributed by atoms with Gasteiger partial charge >= 0.3 is 0 Å². The van der Waals surface area contributed by atoms with Crippen LogP contribution in [0.2, 0.25) is 0 Å². The molecular formula is C18H22FN5O. The summed E-state index contributed by atoms with van der Waals surface area (Å²) in [6, 6.07) is 4.14. The number of aryl methyl sites for hydroxylation is 2. The number of fused-ring (bicyclic) bond motifs is 1. The van der Waals surface area contributed by atoms with E-state index in [4.69, 9.17) is 4.74 Å². The molecule has 4 rings (SSSR count). The van der Waals surface area contributed by atoms with Gasteiger partial charge in [-0.3, -0.25) is 4.90 Å². The summed E-state index contributed by atoms with van der Waals surface area (Å²) in [6.07, 6.45) is 2.05. The predicted octanol–water partition coefficient (Wildman–Crippen LogP) is 2.64. The molecule has 0 unspecified atom stereocenters. The highest BCUT2D eigenvalue weighted by Crippen LogP contribution is 2.21. The Hall–Kier alpha value is -2.25. The molecule has 0 bridgehead atoms. The lowest BCUT2D eigenvalue weighted by Gasteiger charge is -2.14. The van der Waals surface area contributed by atoms with Crippen molar-refractivity contribution in [3.63, 3.8) is 0 Å². The van der Waals surface area contributed by atoms with Crippen LogP contribution in [0.1, 0.15) is 22.8 Å².